The van der Waals surface area contributed by atoms with Gasteiger partial charge in [0.2, 0.25) is 0 Å². The molecule has 0 spiro atoms. The molecule has 0 N–H and O–H groups in total. The van der Waals surface area contributed by atoms with Gasteiger partial charge in [0, 0.05) is 11.0 Å². The van der Waals surface area contributed by atoms with E-state index in [0.717, 1.165) is 0 Å². The van der Waals surface area contributed by atoms with Crippen LogP contribution in [0.15, 0.2) is 0 Å². The van der Waals surface area contributed by atoms with Gasteiger partial charge in [0.05, 0.1) is 0 Å². The van der Waals surface area contributed by atoms with Crippen LogP contribution in [0.25, 0.3) is 0 Å². The highest BCUT2D eigenvalue weighted by molar-refractivity contribution is 14.1. The van der Waals surface area contributed by atoms with Crippen molar-refractivity contribution in [1.29, 1.82) is 0 Å². The van der Waals surface area contributed by atoms with Gasteiger partial charge in [-0.1, -0.05) is 42.9 Å². The Morgan fingerprint density at radius 1 is 1.31 bits per heavy atom. The Hall–Kier alpha value is 0.690. The zero-order valence-corrected chi connectivity index (χ0v) is 11.1. The summed E-state index contributed by atoms with van der Waals surface area (Å²) in [6.45, 7) is 8.78. The SMILES string of the molecule is CC1(C)CCCCN(CCCI)C1. The van der Waals surface area contributed by atoms with Crippen molar-refractivity contribution in [2.24, 2.45) is 5.41 Å². The zero-order chi connectivity index (χ0) is 9.73. The average molecular weight is 295 g/mol. The minimum atomic E-state index is 0.557. The largest absolute Gasteiger partial charge is 0.303 e. The maximum atomic E-state index is 2.66. The minimum absolute atomic E-state index is 0.557. The van der Waals surface area contributed by atoms with Gasteiger partial charge in [-0.25, -0.2) is 0 Å². The van der Waals surface area contributed by atoms with E-state index < -0.39 is 0 Å². The molecule has 2 heteroatoms. The van der Waals surface area contributed by atoms with Gasteiger partial charge in [0.15, 0.2) is 0 Å². The third-order valence-electron chi connectivity index (χ3n) is 2.84. The number of halogens is 1. The monoisotopic (exact) mass is 295 g/mol. The molecule has 1 heterocycles. The lowest BCUT2D eigenvalue weighted by Crippen LogP contribution is -2.33. The van der Waals surface area contributed by atoms with Crippen LogP contribution in [0.3, 0.4) is 0 Å². The summed E-state index contributed by atoms with van der Waals surface area (Å²) in [6.07, 6.45) is 5.60. The van der Waals surface area contributed by atoms with Gasteiger partial charge in [-0.3, -0.25) is 0 Å². The second-order valence-electron chi connectivity index (χ2n) is 4.94. The first kappa shape index (κ1) is 11.8. The molecular weight excluding hydrogens is 273 g/mol. The predicted molar refractivity (Wildman–Crippen MR) is 67.6 cm³/mol. The number of likely N-dealkylation sites (tertiary alicyclic amines) is 1. The fourth-order valence-corrected chi connectivity index (χ4v) is 2.52. The molecule has 1 rings (SSSR count). The third-order valence-corrected chi connectivity index (χ3v) is 3.60. The standard InChI is InChI=1S/C11H22IN/c1-11(2)6-3-4-8-13(10-11)9-5-7-12/h3-10H2,1-2H3. The highest BCUT2D eigenvalue weighted by Gasteiger charge is 2.23. The molecule has 78 valence electrons. The van der Waals surface area contributed by atoms with E-state index >= 15 is 0 Å². The number of nitrogens with zero attached hydrogens (tertiary/aromatic N) is 1. The van der Waals surface area contributed by atoms with Gasteiger partial charge in [-0.05, 0) is 37.8 Å². The number of alkyl halides is 1. The topological polar surface area (TPSA) is 3.24 Å². The highest BCUT2D eigenvalue weighted by Crippen LogP contribution is 2.27. The third kappa shape index (κ3) is 4.63. The Labute approximate surface area is 96.4 Å². The Bertz CT molecular complexity index is 145. The van der Waals surface area contributed by atoms with E-state index in [9.17, 15) is 0 Å². The van der Waals surface area contributed by atoms with Crippen LogP contribution < -0.4 is 0 Å². The first-order valence-corrected chi connectivity index (χ1v) is 6.95. The molecule has 1 fully saturated rings. The van der Waals surface area contributed by atoms with Crippen LogP contribution in [0.1, 0.15) is 39.5 Å². The molecule has 0 aromatic carbocycles. The van der Waals surface area contributed by atoms with Gasteiger partial charge in [-0.15, -0.1) is 0 Å². The van der Waals surface area contributed by atoms with Gasteiger partial charge in [0.1, 0.15) is 0 Å². The quantitative estimate of drug-likeness (QED) is 0.570. The van der Waals surface area contributed by atoms with Crippen molar-refractivity contribution in [1.82, 2.24) is 4.90 Å². The van der Waals surface area contributed by atoms with E-state index in [2.05, 4.69) is 41.3 Å². The summed E-state index contributed by atoms with van der Waals surface area (Å²) in [5.41, 5.74) is 0.557. The normalized spacial score (nSPS) is 24.2. The van der Waals surface area contributed by atoms with E-state index in [1.165, 1.54) is 49.7 Å². The molecule has 1 nitrogen and oxygen atoms in total. The fourth-order valence-electron chi connectivity index (χ4n) is 2.18. The lowest BCUT2D eigenvalue weighted by Gasteiger charge is -2.29. The summed E-state index contributed by atoms with van der Waals surface area (Å²) in [5, 5.41) is 0. The molecule has 0 unspecified atom stereocenters. The summed E-state index contributed by atoms with van der Waals surface area (Å²) in [5.74, 6) is 0. The van der Waals surface area contributed by atoms with Crippen molar-refractivity contribution >= 4 is 22.6 Å². The van der Waals surface area contributed by atoms with Crippen molar-refractivity contribution in [3.63, 3.8) is 0 Å². The molecule has 0 bridgehead atoms. The Kier molecular flexibility index (Phi) is 5.01. The molecule has 0 aromatic heterocycles. The average Bonchev–Trinajstić information content (AvgIpc) is 2.22. The maximum Gasteiger partial charge on any atom is 0.00327 e. The Balaban J connectivity index is 2.36. The number of rotatable bonds is 3. The first-order valence-electron chi connectivity index (χ1n) is 5.42. The van der Waals surface area contributed by atoms with Gasteiger partial charge < -0.3 is 4.90 Å². The highest BCUT2D eigenvalue weighted by atomic mass is 127. The molecule has 0 radical (unpaired) electrons. The van der Waals surface area contributed by atoms with Crippen LogP contribution in [-0.2, 0) is 0 Å². The number of hydrogen-bond donors (Lipinski definition) is 0. The molecule has 1 aliphatic heterocycles. The van der Waals surface area contributed by atoms with E-state index in [4.69, 9.17) is 0 Å². The zero-order valence-electron chi connectivity index (χ0n) is 8.98. The summed E-state index contributed by atoms with van der Waals surface area (Å²) in [6, 6.07) is 0. The smallest absolute Gasteiger partial charge is 0.00327 e. The van der Waals surface area contributed by atoms with E-state index in [0.29, 0.717) is 5.41 Å². The van der Waals surface area contributed by atoms with Gasteiger partial charge in [0.25, 0.3) is 0 Å². The molecule has 0 saturated carbocycles. The van der Waals surface area contributed by atoms with Crippen molar-refractivity contribution < 1.29 is 0 Å². The van der Waals surface area contributed by atoms with Crippen LogP contribution in [0.2, 0.25) is 0 Å². The van der Waals surface area contributed by atoms with E-state index in [1.54, 1.807) is 0 Å². The van der Waals surface area contributed by atoms with Crippen LogP contribution in [-0.4, -0.2) is 29.0 Å². The van der Waals surface area contributed by atoms with E-state index in [-0.39, 0.29) is 0 Å². The second kappa shape index (κ2) is 5.54. The summed E-state index contributed by atoms with van der Waals surface area (Å²) >= 11 is 2.48. The second-order valence-corrected chi connectivity index (χ2v) is 6.02. The van der Waals surface area contributed by atoms with Gasteiger partial charge in [-0.2, -0.15) is 0 Å². The summed E-state index contributed by atoms with van der Waals surface area (Å²) < 4.78 is 1.30. The molecular formula is C11H22IN. The van der Waals surface area contributed by atoms with Crippen LogP contribution in [0.4, 0.5) is 0 Å². The number of hydrogen-bond acceptors (Lipinski definition) is 1. The van der Waals surface area contributed by atoms with Crippen LogP contribution in [0.5, 0.6) is 0 Å². The molecule has 0 amide bonds. The van der Waals surface area contributed by atoms with Crippen molar-refractivity contribution in [3.8, 4) is 0 Å². The van der Waals surface area contributed by atoms with Gasteiger partial charge >= 0.3 is 0 Å². The molecule has 0 aromatic rings. The molecule has 0 atom stereocenters. The summed E-state index contributed by atoms with van der Waals surface area (Å²) in [7, 11) is 0. The maximum absolute atomic E-state index is 2.66. The molecule has 1 aliphatic rings. The Morgan fingerprint density at radius 2 is 2.08 bits per heavy atom. The van der Waals surface area contributed by atoms with Crippen LogP contribution in [0, 0.1) is 5.41 Å². The molecule has 0 aliphatic carbocycles. The minimum Gasteiger partial charge on any atom is -0.303 e. The molecule has 1 saturated heterocycles. The van der Waals surface area contributed by atoms with Crippen molar-refractivity contribution in [2.75, 3.05) is 24.1 Å². The summed E-state index contributed by atoms with van der Waals surface area (Å²) in [4.78, 5) is 2.66. The predicted octanol–water partition coefficient (Wildman–Crippen LogP) is 3.32. The van der Waals surface area contributed by atoms with Crippen LogP contribution >= 0.6 is 22.6 Å². The van der Waals surface area contributed by atoms with E-state index in [1.807, 2.05) is 0 Å². The molecule has 13 heavy (non-hydrogen) atoms. The van der Waals surface area contributed by atoms with Crippen molar-refractivity contribution in [2.45, 2.75) is 39.5 Å². The lowest BCUT2D eigenvalue weighted by atomic mass is 9.88. The Morgan fingerprint density at radius 3 is 2.77 bits per heavy atom. The fraction of sp³-hybridized carbons (Fsp3) is 1.00. The first-order chi connectivity index (χ1) is 6.14. The lowest BCUT2D eigenvalue weighted by molar-refractivity contribution is 0.196. The van der Waals surface area contributed by atoms with Crippen molar-refractivity contribution in [3.05, 3.63) is 0 Å².